The summed E-state index contributed by atoms with van der Waals surface area (Å²) >= 11 is 0. The Bertz CT molecular complexity index is 297. The van der Waals surface area contributed by atoms with Crippen molar-refractivity contribution in [2.24, 2.45) is 5.73 Å². The van der Waals surface area contributed by atoms with Crippen molar-refractivity contribution in [1.29, 1.82) is 0 Å². The predicted molar refractivity (Wildman–Crippen MR) is 58.3 cm³/mol. The van der Waals surface area contributed by atoms with Gasteiger partial charge < -0.3 is 15.7 Å². The van der Waals surface area contributed by atoms with Gasteiger partial charge in [-0.05, 0) is 26.1 Å². The van der Waals surface area contributed by atoms with Gasteiger partial charge in [-0.3, -0.25) is 0 Å². The summed E-state index contributed by atoms with van der Waals surface area (Å²) in [6.45, 7) is 1.32. The molecule has 0 amide bonds. The zero-order chi connectivity index (χ0) is 10.6. The Hall–Kier alpha value is -1.06. The Morgan fingerprint density at radius 3 is 2.50 bits per heavy atom. The number of hydrogen-bond donors (Lipinski definition) is 2. The van der Waals surface area contributed by atoms with Crippen LogP contribution in [-0.2, 0) is 13.0 Å². The molecular formula is C11H18N2O. The number of nitrogens with zero attached hydrogens (tertiary/aromatic N) is 1. The summed E-state index contributed by atoms with van der Waals surface area (Å²) in [4.78, 5) is 2.09. The average molecular weight is 194 g/mol. The van der Waals surface area contributed by atoms with E-state index in [9.17, 15) is 5.11 Å². The summed E-state index contributed by atoms with van der Waals surface area (Å²) in [5, 5.41) is 9.80. The van der Waals surface area contributed by atoms with E-state index in [2.05, 4.69) is 4.90 Å². The zero-order valence-corrected chi connectivity index (χ0v) is 8.83. The van der Waals surface area contributed by atoms with Gasteiger partial charge >= 0.3 is 0 Å². The monoisotopic (exact) mass is 194 g/mol. The third kappa shape index (κ3) is 2.72. The second-order valence-electron chi connectivity index (χ2n) is 3.68. The van der Waals surface area contributed by atoms with E-state index in [4.69, 9.17) is 5.73 Å². The van der Waals surface area contributed by atoms with Gasteiger partial charge in [-0.15, -0.1) is 0 Å². The Morgan fingerprint density at radius 1 is 1.29 bits per heavy atom. The van der Waals surface area contributed by atoms with Crippen LogP contribution < -0.4 is 5.73 Å². The van der Waals surface area contributed by atoms with Crippen LogP contribution in [0.3, 0.4) is 0 Å². The molecule has 0 bridgehead atoms. The molecule has 0 spiro atoms. The highest BCUT2D eigenvalue weighted by Crippen LogP contribution is 2.22. The highest BCUT2D eigenvalue weighted by Gasteiger charge is 2.05. The van der Waals surface area contributed by atoms with Crippen molar-refractivity contribution in [3.8, 4) is 5.75 Å². The molecule has 1 aromatic carbocycles. The van der Waals surface area contributed by atoms with Crippen molar-refractivity contribution < 1.29 is 5.11 Å². The van der Waals surface area contributed by atoms with Crippen LogP contribution in [-0.4, -0.2) is 30.6 Å². The molecule has 0 saturated heterocycles. The van der Waals surface area contributed by atoms with Gasteiger partial charge in [-0.2, -0.15) is 0 Å². The molecule has 78 valence electrons. The molecule has 1 rings (SSSR count). The first-order valence-electron chi connectivity index (χ1n) is 4.79. The number of rotatable bonds is 4. The summed E-state index contributed by atoms with van der Waals surface area (Å²) in [5.74, 6) is 0.358. The Labute approximate surface area is 85.2 Å². The summed E-state index contributed by atoms with van der Waals surface area (Å²) in [6.07, 6.45) is 0.854. The van der Waals surface area contributed by atoms with Crippen LogP contribution in [0.2, 0.25) is 0 Å². The molecule has 0 aliphatic carbocycles. The maximum absolute atomic E-state index is 9.80. The van der Waals surface area contributed by atoms with Crippen LogP contribution in [0, 0.1) is 0 Å². The van der Waals surface area contributed by atoms with Crippen molar-refractivity contribution in [2.75, 3.05) is 20.6 Å². The molecule has 3 heteroatoms. The lowest BCUT2D eigenvalue weighted by atomic mass is 10.1. The summed E-state index contributed by atoms with van der Waals surface area (Å²) in [6, 6.07) is 5.74. The normalized spacial score (nSPS) is 10.9. The molecule has 0 atom stereocenters. The molecule has 0 radical (unpaired) electrons. The quantitative estimate of drug-likeness (QED) is 0.750. The fraction of sp³-hybridized carbons (Fsp3) is 0.455. The van der Waals surface area contributed by atoms with E-state index in [1.807, 2.05) is 32.3 Å². The number of phenolic OH excluding ortho intramolecular Hbond substituents is 1. The number of benzene rings is 1. The average Bonchev–Trinajstić information content (AvgIpc) is 2.16. The topological polar surface area (TPSA) is 49.5 Å². The zero-order valence-electron chi connectivity index (χ0n) is 8.83. The van der Waals surface area contributed by atoms with Crippen LogP contribution in [0.4, 0.5) is 0 Å². The van der Waals surface area contributed by atoms with E-state index in [0.29, 0.717) is 12.3 Å². The number of para-hydroxylation sites is 1. The highest BCUT2D eigenvalue weighted by atomic mass is 16.3. The molecule has 0 aliphatic heterocycles. The molecule has 1 aromatic rings. The second-order valence-corrected chi connectivity index (χ2v) is 3.68. The molecule has 0 aliphatic rings. The fourth-order valence-electron chi connectivity index (χ4n) is 1.36. The lowest BCUT2D eigenvalue weighted by Crippen LogP contribution is -2.15. The third-order valence-corrected chi connectivity index (χ3v) is 2.25. The van der Waals surface area contributed by atoms with Crippen molar-refractivity contribution in [2.45, 2.75) is 13.0 Å². The molecule has 0 aromatic heterocycles. The van der Waals surface area contributed by atoms with Crippen LogP contribution in [0.5, 0.6) is 5.75 Å². The maximum atomic E-state index is 9.80. The number of hydrogen-bond acceptors (Lipinski definition) is 3. The second kappa shape index (κ2) is 4.98. The third-order valence-electron chi connectivity index (χ3n) is 2.25. The van der Waals surface area contributed by atoms with Gasteiger partial charge in [0.2, 0.25) is 0 Å². The minimum absolute atomic E-state index is 0.358. The molecule has 0 heterocycles. The van der Waals surface area contributed by atoms with E-state index in [1.165, 1.54) is 0 Å². The first kappa shape index (κ1) is 11.0. The van der Waals surface area contributed by atoms with Gasteiger partial charge in [-0.1, -0.05) is 18.2 Å². The SMILES string of the molecule is CN(C)CCc1cccc(CN)c1O. The predicted octanol–water partition coefficient (Wildman–Crippen LogP) is 0.955. The van der Waals surface area contributed by atoms with E-state index in [0.717, 1.165) is 24.1 Å². The Morgan fingerprint density at radius 2 is 1.93 bits per heavy atom. The summed E-state index contributed by atoms with van der Waals surface area (Å²) in [7, 11) is 4.04. The number of likely N-dealkylation sites (N-methyl/N-ethyl adjacent to an activating group) is 1. The molecule has 0 fully saturated rings. The van der Waals surface area contributed by atoms with Crippen LogP contribution in [0.25, 0.3) is 0 Å². The first-order valence-corrected chi connectivity index (χ1v) is 4.79. The molecule has 0 saturated carbocycles. The van der Waals surface area contributed by atoms with Crippen molar-refractivity contribution in [3.05, 3.63) is 29.3 Å². The van der Waals surface area contributed by atoms with Crippen molar-refractivity contribution >= 4 is 0 Å². The lowest BCUT2D eigenvalue weighted by Gasteiger charge is -2.11. The summed E-state index contributed by atoms with van der Waals surface area (Å²) in [5.41, 5.74) is 7.30. The van der Waals surface area contributed by atoms with E-state index in [1.54, 1.807) is 0 Å². The smallest absolute Gasteiger partial charge is 0.123 e. The largest absolute Gasteiger partial charge is 0.507 e. The number of nitrogens with two attached hydrogens (primary N) is 1. The van der Waals surface area contributed by atoms with Crippen molar-refractivity contribution in [1.82, 2.24) is 4.90 Å². The standard InChI is InChI=1S/C11H18N2O/c1-13(2)7-6-9-4-3-5-10(8-12)11(9)14/h3-5,14H,6-8,12H2,1-2H3. The van der Waals surface area contributed by atoms with Crippen LogP contribution >= 0.6 is 0 Å². The summed E-state index contributed by atoms with van der Waals surface area (Å²) < 4.78 is 0. The Balaban J connectivity index is 2.76. The molecule has 14 heavy (non-hydrogen) atoms. The first-order chi connectivity index (χ1) is 6.65. The number of aromatic hydroxyl groups is 1. The van der Waals surface area contributed by atoms with E-state index < -0.39 is 0 Å². The minimum atomic E-state index is 0.358. The molecule has 3 N–H and O–H groups in total. The van der Waals surface area contributed by atoms with Crippen LogP contribution in [0.15, 0.2) is 18.2 Å². The number of phenols is 1. The van der Waals surface area contributed by atoms with E-state index in [-0.39, 0.29) is 0 Å². The molecular weight excluding hydrogens is 176 g/mol. The minimum Gasteiger partial charge on any atom is -0.507 e. The van der Waals surface area contributed by atoms with Crippen LogP contribution in [0.1, 0.15) is 11.1 Å². The Kier molecular flexibility index (Phi) is 3.92. The maximum Gasteiger partial charge on any atom is 0.123 e. The molecule has 0 unspecified atom stereocenters. The van der Waals surface area contributed by atoms with E-state index >= 15 is 0 Å². The van der Waals surface area contributed by atoms with Gasteiger partial charge in [-0.25, -0.2) is 0 Å². The van der Waals surface area contributed by atoms with Gasteiger partial charge in [0.25, 0.3) is 0 Å². The van der Waals surface area contributed by atoms with Crippen molar-refractivity contribution in [3.63, 3.8) is 0 Å². The van der Waals surface area contributed by atoms with Gasteiger partial charge in [0.1, 0.15) is 5.75 Å². The highest BCUT2D eigenvalue weighted by molar-refractivity contribution is 5.40. The van der Waals surface area contributed by atoms with Gasteiger partial charge in [0.15, 0.2) is 0 Å². The van der Waals surface area contributed by atoms with Gasteiger partial charge in [0, 0.05) is 18.7 Å². The van der Waals surface area contributed by atoms with Gasteiger partial charge in [0.05, 0.1) is 0 Å². The molecule has 3 nitrogen and oxygen atoms in total. The fourth-order valence-corrected chi connectivity index (χ4v) is 1.36. The lowest BCUT2D eigenvalue weighted by molar-refractivity contribution is 0.405.